The van der Waals surface area contributed by atoms with Gasteiger partial charge in [0.1, 0.15) is 5.82 Å². The molecule has 0 radical (unpaired) electrons. The van der Waals surface area contributed by atoms with Crippen molar-refractivity contribution in [2.24, 2.45) is 5.41 Å². The predicted octanol–water partition coefficient (Wildman–Crippen LogP) is 2.79. The number of nitrogens with zero attached hydrogens (tertiary/aromatic N) is 1. The summed E-state index contributed by atoms with van der Waals surface area (Å²) in [5, 5.41) is 0.640. The van der Waals surface area contributed by atoms with Crippen molar-refractivity contribution in [3.63, 3.8) is 0 Å². The summed E-state index contributed by atoms with van der Waals surface area (Å²) < 4.78 is 0. The molecule has 0 aliphatic carbocycles. The van der Waals surface area contributed by atoms with Crippen molar-refractivity contribution in [1.82, 2.24) is 4.98 Å². The zero-order chi connectivity index (χ0) is 11.6. The smallest absolute Gasteiger partial charge is 0.171 e. The normalized spacial score (nSPS) is 11.5. The molecule has 0 aromatic carbocycles. The van der Waals surface area contributed by atoms with Gasteiger partial charge in [0.05, 0.1) is 11.3 Å². The van der Waals surface area contributed by atoms with Crippen LogP contribution in [0.1, 0.15) is 36.8 Å². The number of pyridine rings is 1. The molecule has 1 heterocycles. The van der Waals surface area contributed by atoms with E-state index < -0.39 is 5.41 Å². The van der Waals surface area contributed by atoms with Gasteiger partial charge in [-0.3, -0.25) is 4.79 Å². The molecule has 4 heteroatoms. The molecule has 15 heavy (non-hydrogen) atoms. The lowest BCUT2D eigenvalue weighted by Crippen LogP contribution is -2.22. The van der Waals surface area contributed by atoms with Crippen LogP contribution in [0.2, 0.25) is 0 Å². The molecule has 0 aliphatic rings. The standard InChI is InChI=1S/C11H15BrN2O/c1-11(2,3)9(15)8-5-4-7(6-12)14-10(8)13/h4-5H,6H2,1-3H3,(H2,13,14). The van der Waals surface area contributed by atoms with Crippen molar-refractivity contribution in [3.8, 4) is 0 Å². The lowest BCUT2D eigenvalue weighted by atomic mass is 9.86. The highest BCUT2D eigenvalue weighted by Gasteiger charge is 2.25. The van der Waals surface area contributed by atoms with Crippen molar-refractivity contribution in [2.75, 3.05) is 5.73 Å². The van der Waals surface area contributed by atoms with E-state index in [1.165, 1.54) is 0 Å². The molecule has 0 amide bonds. The Morgan fingerprint density at radius 3 is 2.47 bits per heavy atom. The van der Waals surface area contributed by atoms with Crippen LogP contribution in [0.3, 0.4) is 0 Å². The molecule has 2 N–H and O–H groups in total. The van der Waals surface area contributed by atoms with E-state index in [0.717, 1.165) is 5.69 Å². The Labute approximate surface area is 98.2 Å². The van der Waals surface area contributed by atoms with E-state index in [0.29, 0.717) is 16.7 Å². The van der Waals surface area contributed by atoms with Crippen molar-refractivity contribution >= 4 is 27.5 Å². The molecule has 0 bridgehead atoms. The zero-order valence-electron chi connectivity index (χ0n) is 9.17. The molecule has 0 spiro atoms. The molecule has 1 aromatic heterocycles. The summed E-state index contributed by atoms with van der Waals surface area (Å²) in [5.41, 5.74) is 6.65. The van der Waals surface area contributed by atoms with Gasteiger partial charge in [0, 0.05) is 10.7 Å². The Kier molecular flexibility index (Phi) is 3.50. The van der Waals surface area contributed by atoms with Crippen LogP contribution in [-0.2, 0) is 5.33 Å². The quantitative estimate of drug-likeness (QED) is 0.664. The fraction of sp³-hybridized carbons (Fsp3) is 0.455. The maximum Gasteiger partial charge on any atom is 0.171 e. The molecule has 0 saturated carbocycles. The van der Waals surface area contributed by atoms with Gasteiger partial charge in [0.2, 0.25) is 0 Å². The van der Waals surface area contributed by atoms with Crippen molar-refractivity contribution < 1.29 is 4.79 Å². The minimum atomic E-state index is -0.425. The number of aromatic nitrogens is 1. The largest absolute Gasteiger partial charge is 0.383 e. The second-order valence-electron chi connectivity index (χ2n) is 4.45. The Balaban J connectivity index is 3.12. The van der Waals surface area contributed by atoms with Crippen molar-refractivity contribution in [2.45, 2.75) is 26.1 Å². The number of ketones is 1. The third-order valence-electron chi connectivity index (χ3n) is 2.05. The van der Waals surface area contributed by atoms with Crippen molar-refractivity contribution in [3.05, 3.63) is 23.4 Å². The fourth-order valence-corrected chi connectivity index (χ4v) is 1.50. The van der Waals surface area contributed by atoms with Gasteiger partial charge in [-0.2, -0.15) is 0 Å². The zero-order valence-corrected chi connectivity index (χ0v) is 10.8. The first kappa shape index (κ1) is 12.2. The molecule has 0 atom stereocenters. The lowest BCUT2D eigenvalue weighted by molar-refractivity contribution is 0.0859. The number of anilines is 1. The summed E-state index contributed by atoms with van der Waals surface area (Å²) in [6, 6.07) is 3.55. The molecular formula is C11H15BrN2O. The van der Waals surface area contributed by atoms with Gasteiger partial charge >= 0.3 is 0 Å². The number of alkyl halides is 1. The SMILES string of the molecule is CC(C)(C)C(=O)c1ccc(CBr)nc1N. The molecule has 82 valence electrons. The summed E-state index contributed by atoms with van der Waals surface area (Å²) in [4.78, 5) is 16.1. The van der Waals surface area contributed by atoms with Gasteiger partial charge in [0.25, 0.3) is 0 Å². The molecule has 0 aliphatic heterocycles. The number of carbonyl (C=O) groups excluding carboxylic acids is 1. The van der Waals surface area contributed by atoms with Crippen LogP contribution in [0.15, 0.2) is 12.1 Å². The highest BCUT2D eigenvalue weighted by atomic mass is 79.9. The number of Topliss-reactive ketones (excluding diaryl/α,β-unsaturated/α-hetero) is 1. The number of hydrogen-bond donors (Lipinski definition) is 1. The van der Waals surface area contributed by atoms with Gasteiger partial charge in [-0.25, -0.2) is 4.98 Å². The second kappa shape index (κ2) is 4.31. The molecule has 1 aromatic rings. The average molecular weight is 271 g/mol. The van der Waals surface area contributed by atoms with E-state index in [4.69, 9.17) is 5.73 Å². The van der Waals surface area contributed by atoms with Crippen LogP contribution < -0.4 is 5.73 Å². The Bertz CT molecular complexity index is 383. The fourth-order valence-electron chi connectivity index (χ4n) is 1.19. The average Bonchev–Trinajstić information content (AvgIpc) is 2.15. The monoisotopic (exact) mass is 270 g/mol. The van der Waals surface area contributed by atoms with Crippen LogP contribution in [-0.4, -0.2) is 10.8 Å². The highest BCUT2D eigenvalue weighted by molar-refractivity contribution is 9.08. The summed E-state index contributed by atoms with van der Waals surface area (Å²) in [6.45, 7) is 5.60. The predicted molar refractivity (Wildman–Crippen MR) is 65.1 cm³/mol. The molecule has 0 saturated heterocycles. The van der Waals surface area contributed by atoms with E-state index in [1.54, 1.807) is 6.07 Å². The van der Waals surface area contributed by atoms with E-state index in [9.17, 15) is 4.79 Å². The first-order valence-corrected chi connectivity index (χ1v) is 5.84. The van der Waals surface area contributed by atoms with Crippen molar-refractivity contribution in [1.29, 1.82) is 0 Å². The number of nitrogens with two attached hydrogens (primary N) is 1. The van der Waals surface area contributed by atoms with E-state index in [2.05, 4.69) is 20.9 Å². The van der Waals surface area contributed by atoms with E-state index >= 15 is 0 Å². The number of nitrogen functional groups attached to an aromatic ring is 1. The third-order valence-corrected chi connectivity index (χ3v) is 2.62. The van der Waals surface area contributed by atoms with Gasteiger partial charge in [-0.05, 0) is 12.1 Å². The Hall–Kier alpha value is -0.900. The molecule has 0 unspecified atom stereocenters. The first-order chi connectivity index (χ1) is 6.86. The summed E-state index contributed by atoms with van der Waals surface area (Å²) in [5.74, 6) is 0.334. The molecule has 1 rings (SSSR count). The second-order valence-corrected chi connectivity index (χ2v) is 5.01. The minimum Gasteiger partial charge on any atom is -0.383 e. The minimum absolute atomic E-state index is 0.0219. The summed E-state index contributed by atoms with van der Waals surface area (Å²) in [6.07, 6.45) is 0. The topological polar surface area (TPSA) is 56.0 Å². The highest BCUT2D eigenvalue weighted by Crippen LogP contribution is 2.23. The van der Waals surface area contributed by atoms with Crippen LogP contribution in [0.4, 0.5) is 5.82 Å². The molecule has 0 fully saturated rings. The van der Waals surface area contributed by atoms with Crippen LogP contribution in [0.5, 0.6) is 0 Å². The van der Waals surface area contributed by atoms with Crippen LogP contribution >= 0.6 is 15.9 Å². The maximum atomic E-state index is 12.0. The number of halogens is 1. The Morgan fingerprint density at radius 2 is 2.07 bits per heavy atom. The number of carbonyl (C=O) groups is 1. The van der Waals surface area contributed by atoms with Crippen LogP contribution in [0.25, 0.3) is 0 Å². The van der Waals surface area contributed by atoms with Gasteiger partial charge in [-0.15, -0.1) is 0 Å². The van der Waals surface area contributed by atoms with Gasteiger partial charge in [0.15, 0.2) is 5.78 Å². The maximum absolute atomic E-state index is 12.0. The Morgan fingerprint density at radius 1 is 1.47 bits per heavy atom. The first-order valence-electron chi connectivity index (χ1n) is 4.72. The van der Waals surface area contributed by atoms with E-state index in [-0.39, 0.29) is 5.78 Å². The van der Waals surface area contributed by atoms with Gasteiger partial charge in [-0.1, -0.05) is 36.7 Å². The van der Waals surface area contributed by atoms with Crippen LogP contribution in [0, 0.1) is 5.41 Å². The van der Waals surface area contributed by atoms with E-state index in [1.807, 2.05) is 26.8 Å². The molecular weight excluding hydrogens is 256 g/mol. The molecule has 3 nitrogen and oxygen atoms in total. The van der Waals surface area contributed by atoms with Gasteiger partial charge < -0.3 is 5.73 Å². The summed E-state index contributed by atoms with van der Waals surface area (Å²) >= 11 is 3.29. The third kappa shape index (κ3) is 2.78. The summed E-state index contributed by atoms with van der Waals surface area (Å²) in [7, 11) is 0. The number of rotatable bonds is 2. The lowest BCUT2D eigenvalue weighted by Gasteiger charge is -2.17. The number of hydrogen-bond acceptors (Lipinski definition) is 3.